The van der Waals surface area contributed by atoms with Crippen LogP contribution >= 0.6 is 0 Å². The Morgan fingerprint density at radius 1 is 1.43 bits per heavy atom. The smallest absolute Gasteiger partial charge is 0.221 e. The van der Waals surface area contributed by atoms with Crippen LogP contribution in [0.25, 0.3) is 0 Å². The number of rotatable bonds is 4. The van der Waals surface area contributed by atoms with Gasteiger partial charge in [-0.1, -0.05) is 18.6 Å². The van der Waals surface area contributed by atoms with Crippen LogP contribution in [-0.4, -0.2) is 20.7 Å². The van der Waals surface area contributed by atoms with Crippen molar-refractivity contribution in [1.82, 2.24) is 20.1 Å². The lowest BCUT2D eigenvalue weighted by Crippen LogP contribution is -2.30. The summed E-state index contributed by atoms with van der Waals surface area (Å²) in [5.41, 5.74) is 0. The number of allylic oxidation sites excluding steroid dienone is 2. The van der Waals surface area contributed by atoms with Crippen molar-refractivity contribution in [2.45, 2.75) is 64.5 Å². The number of amides is 1. The van der Waals surface area contributed by atoms with Crippen molar-refractivity contribution in [2.75, 3.05) is 0 Å². The number of nitrogens with one attached hydrogen (secondary N) is 1. The molecule has 0 bridgehead atoms. The normalized spacial score (nSPS) is 22.6. The van der Waals surface area contributed by atoms with Gasteiger partial charge in [-0.3, -0.25) is 4.79 Å². The van der Waals surface area contributed by atoms with E-state index in [1.54, 1.807) is 0 Å². The molecule has 5 heteroatoms. The van der Waals surface area contributed by atoms with E-state index < -0.39 is 0 Å². The predicted octanol–water partition coefficient (Wildman–Crippen LogP) is 2.54. The van der Waals surface area contributed by atoms with E-state index in [1.807, 2.05) is 6.92 Å². The second-order valence-corrected chi connectivity index (χ2v) is 6.20. The van der Waals surface area contributed by atoms with Gasteiger partial charge in [0.05, 0.1) is 6.04 Å². The quantitative estimate of drug-likeness (QED) is 0.866. The van der Waals surface area contributed by atoms with Crippen molar-refractivity contribution in [3.8, 4) is 0 Å². The molecule has 114 valence electrons. The topological polar surface area (TPSA) is 59.8 Å². The molecule has 0 aromatic carbocycles. The van der Waals surface area contributed by atoms with Gasteiger partial charge in [-0.2, -0.15) is 0 Å². The maximum atomic E-state index is 12.1. The fourth-order valence-electron chi connectivity index (χ4n) is 3.30. The molecule has 1 aliphatic carbocycles. The minimum atomic E-state index is -0.0674. The Morgan fingerprint density at radius 2 is 2.33 bits per heavy atom. The average Bonchev–Trinajstić information content (AvgIpc) is 3.04. The number of carbonyl (C=O) groups is 1. The molecule has 1 N–H and O–H groups in total. The number of aryl methyl sites for hydroxylation is 1. The molecule has 1 aromatic rings. The highest BCUT2D eigenvalue weighted by atomic mass is 16.1. The fourth-order valence-corrected chi connectivity index (χ4v) is 3.30. The van der Waals surface area contributed by atoms with E-state index in [0.29, 0.717) is 12.3 Å². The lowest BCUT2D eigenvalue weighted by atomic mass is 10.0. The first-order chi connectivity index (χ1) is 10.2. The number of aromatic nitrogens is 3. The van der Waals surface area contributed by atoms with Crippen LogP contribution in [0.3, 0.4) is 0 Å². The Morgan fingerprint density at radius 3 is 3.14 bits per heavy atom. The summed E-state index contributed by atoms with van der Waals surface area (Å²) in [7, 11) is 0. The molecule has 2 aliphatic rings. The minimum absolute atomic E-state index is 0.0674. The molecule has 2 heterocycles. The molecule has 0 saturated heterocycles. The number of nitrogens with zero attached hydrogens (tertiary/aromatic N) is 3. The molecule has 2 atom stereocenters. The summed E-state index contributed by atoms with van der Waals surface area (Å²) in [5, 5.41) is 11.7. The van der Waals surface area contributed by atoms with E-state index in [-0.39, 0.29) is 11.9 Å². The highest BCUT2D eigenvalue weighted by Crippen LogP contribution is 2.22. The van der Waals surface area contributed by atoms with Crippen LogP contribution in [0.15, 0.2) is 12.2 Å². The molecule has 3 rings (SSSR count). The van der Waals surface area contributed by atoms with Crippen molar-refractivity contribution in [3.63, 3.8) is 0 Å². The van der Waals surface area contributed by atoms with E-state index in [1.165, 1.54) is 19.3 Å². The van der Waals surface area contributed by atoms with E-state index in [0.717, 1.165) is 37.5 Å². The third-order valence-electron chi connectivity index (χ3n) is 4.46. The highest BCUT2D eigenvalue weighted by Gasteiger charge is 2.21. The van der Waals surface area contributed by atoms with Gasteiger partial charge >= 0.3 is 0 Å². The second kappa shape index (κ2) is 6.41. The zero-order valence-corrected chi connectivity index (χ0v) is 12.7. The molecule has 1 aliphatic heterocycles. The summed E-state index contributed by atoms with van der Waals surface area (Å²) in [6.45, 7) is 2.98. The summed E-state index contributed by atoms with van der Waals surface area (Å²) in [4.78, 5) is 12.1. The van der Waals surface area contributed by atoms with Crippen LogP contribution in [0.2, 0.25) is 0 Å². The van der Waals surface area contributed by atoms with Crippen molar-refractivity contribution >= 4 is 5.91 Å². The van der Waals surface area contributed by atoms with Crippen LogP contribution in [0.5, 0.6) is 0 Å². The van der Waals surface area contributed by atoms with Crippen molar-refractivity contribution in [3.05, 3.63) is 23.8 Å². The van der Waals surface area contributed by atoms with Gasteiger partial charge in [0, 0.05) is 19.4 Å². The lowest BCUT2D eigenvalue weighted by molar-refractivity contribution is -0.122. The maximum absolute atomic E-state index is 12.1. The third-order valence-corrected chi connectivity index (χ3v) is 4.46. The standard InChI is InChI=1S/C16H24N4O/c1-12(17-15(21)11-13-7-4-5-8-13)16-19-18-14-9-3-2-6-10-20(14)16/h4,7,12-13H,2-3,5-6,8-11H2,1H3,(H,17,21). The molecular weight excluding hydrogens is 264 g/mol. The second-order valence-electron chi connectivity index (χ2n) is 6.20. The van der Waals surface area contributed by atoms with Gasteiger partial charge in [0.2, 0.25) is 5.91 Å². The minimum Gasteiger partial charge on any atom is -0.346 e. The van der Waals surface area contributed by atoms with Gasteiger partial charge in [0.15, 0.2) is 5.82 Å². The van der Waals surface area contributed by atoms with Gasteiger partial charge < -0.3 is 9.88 Å². The van der Waals surface area contributed by atoms with Gasteiger partial charge in [0.25, 0.3) is 0 Å². The fraction of sp³-hybridized carbons (Fsp3) is 0.688. The Bertz CT molecular complexity index is 534. The van der Waals surface area contributed by atoms with Gasteiger partial charge in [-0.25, -0.2) is 0 Å². The van der Waals surface area contributed by atoms with Crippen molar-refractivity contribution < 1.29 is 4.79 Å². The zero-order valence-electron chi connectivity index (χ0n) is 12.7. The maximum Gasteiger partial charge on any atom is 0.221 e. The Labute approximate surface area is 125 Å². The largest absolute Gasteiger partial charge is 0.346 e. The van der Waals surface area contributed by atoms with Crippen molar-refractivity contribution in [2.24, 2.45) is 5.92 Å². The van der Waals surface area contributed by atoms with Crippen LogP contribution in [0.4, 0.5) is 0 Å². The molecule has 0 saturated carbocycles. The number of hydrogen-bond acceptors (Lipinski definition) is 3. The molecule has 1 aromatic heterocycles. The van der Waals surface area contributed by atoms with Crippen molar-refractivity contribution in [1.29, 1.82) is 0 Å². The molecule has 0 spiro atoms. The number of carbonyl (C=O) groups excluding carboxylic acids is 1. The molecule has 21 heavy (non-hydrogen) atoms. The van der Waals surface area contributed by atoms with E-state index in [2.05, 4.69) is 32.2 Å². The first-order valence-corrected chi connectivity index (χ1v) is 8.12. The molecule has 0 radical (unpaired) electrons. The molecular formula is C16H24N4O. The highest BCUT2D eigenvalue weighted by molar-refractivity contribution is 5.76. The first-order valence-electron chi connectivity index (χ1n) is 8.12. The summed E-state index contributed by atoms with van der Waals surface area (Å²) in [5.74, 6) is 2.50. The summed E-state index contributed by atoms with van der Waals surface area (Å²) >= 11 is 0. The Balaban J connectivity index is 1.62. The zero-order chi connectivity index (χ0) is 14.7. The van der Waals surface area contributed by atoms with Crippen LogP contribution in [0.1, 0.15) is 63.1 Å². The molecule has 1 amide bonds. The van der Waals surface area contributed by atoms with Crippen LogP contribution in [0, 0.1) is 5.92 Å². The lowest BCUT2D eigenvalue weighted by Gasteiger charge is -2.16. The molecule has 0 fully saturated rings. The molecule has 2 unspecified atom stereocenters. The average molecular weight is 288 g/mol. The summed E-state index contributed by atoms with van der Waals surface area (Å²) in [6, 6.07) is -0.0674. The summed E-state index contributed by atoms with van der Waals surface area (Å²) in [6.07, 6.45) is 11.7. The summed E-state index contributed by atoms with van der Waals surface area (Å²) < 4.78 is 2.20. The van der Waals surface area contributed by atoms with E-state index in [4.69, 9.17) is 0 Å². The first kappa shape index (κ1) is 14.3. The number of hydrogen-bond donors (Lipinski definition) is 1. The van der Waals surface area contributed by atoms with E-state index in [9.17, 15) is 4.79 Å². The monoisotopic (exact) mass is 288 g/mol. The SMILES string of the molecule is CC(NC(=O)CC1C=CCC1)c1nnc2n1CCCCC2. The van der Waals surface area contributed by atoms with Gasteiger partial charge in [-0.15, -0.1) is 10.2 Å². The Hall–Kier alpha value is -1.65. The van der Waals surface area contributed by atoms with Gasteiger partial charge in [-0.05, 0) is 38.5 Å². The van der Waals surface area contributed by atoms with E-state index >= 15 is 0 Å². The van der Waals surface area contributed by atoms with Gasteiger partial charge in [0.1, 0.15) is 5.82 Å². The predicted molar refractivity (Wildman–Crippen MR) is 80.6 cm³/mol. The third kappa shape index (κ3) is 3.34. The molecule has 5 nitrogen and oxygen atoms in total. The van der Waals surface area contributed by atoms with Crippen LogP contribution in [-0.2, 0) is 17.8 Å². The van der Waals surface area contributed by atoms with Crippen LogP contribution < -0.4 is 5.32 Å². The Kier molecular flexibility index (Phi) is 4.36. The number of fused-ring (bicyclic) bond motifs is 1.